The SMILES string of the molecule is C=C(c1ccccc1O)C(C/C=C\C)c1c2ccccc2c(-c2ccc(-c3ccccc3)cc2)c2ccccc12. The number of rotatable bonds is 7. The molecule has 0 aromatic heterocycles. The van der Waals surface area contributed by atoms with Crippen LogP contribution in [-0.2, 0) is 0 Å². The van der Waals surface area contributed by atoms with Gasteiger partial charge in [0, 0.05) is 11.5 Å². The molecule has 0 aliphatic heterocycles. The Hall–Kier alpha value is -4.88. The van der Waals surface area contributed by atoms with Gasteiger partial charge in [-0.3, -0.25) is 0 Å². The van der Waals surface area contributed by atoms with Crippen molar-refractivity contribution in [3.63, 3.8) is 0 Å². The molecule has 0 saturated heterocycles. The van der Waals surface area contributed by atoms with Crippen molar-refractivity contribution in [3.05, 3.63) is 157 Å². The maximum absolute atomic E-state index is 10.7. The Bertz CT molecular complexity index is 1790. The lowest BCUT2D eigenvalue weighted by Gasteiger charge is -2.25. The summed E-state index contributed by atoms with van der Waals surface area (Å²) < 4.78 is 0. The number of para-hydroxylation sites is 1. The van der Waals surface area contributed by atoms with Crippen molar-refractivity contribution in [2.45, 2.75) is 19.3 Å². The molecule has 0 amide bonds. The maximum Gasteiger partial charge on any atom is 0.123 e. The predicted molar refractivity (Wildman–Crippen MR) is 172 cm³/mol. The highest BCUT2D eigenvalue weighted by molar-refractivity contribution is 6.16. The van der Waals surface area contributed by atoms with Crippen LogP contribution in [0.1, 0.15) is 30.4 Å². The molecule has 0 saturated carbocycles. The normalized spacial score (nSPS) is 12.2. The number of allylic oxidation sites excluding steroid dienone is 3. The fourth-order valence-electron chi connectivity index (χ4n) is 5.95. The Morgan fingerprint density at radius 3 is 1.73 bits per heavy atom. The van der Waals surface area contributed by atoms with Crippen LogP contribution in [0.15, 0.2) is 146 Å². The van der Waals surface area contributed by atoms with Gasteiger partial charge in [0.05, 0.1) is 0 Å². The summed E-state index contributed by atoms with van der Waals surface area (Å²) in [6.45, 7) is 6.61. The van der Waals surface area contributed by atoms with E-state index in [-0.39, 0.29) is 11.7 Å². The van der Waals surface area contributed by atoms with E-state index in [1.807, 2.05) is 18.2 Å². The molecule has 0 aliphatic carbocycles. The molecule has 0 heterocycles. The number of benzene rings is 6. The zero-order valence-corrected chi connectivity index (χ0v) is 22.7. The lowest BCUT2D eigenvalue weighted by Crippen LogP contribution is -2.04. The molecule has 40 heavy (non-hydrogen) atoms. The van der Waals surface area contributed by atoms with Crippen molar-refractivity contribution in [1.29, 1.82) is 0 Å². The second kappa shape index (κ2) is 11.1. The van der Waals surface area contributed by atoms with Gasteiger partial charge in [-0.1, -0.05) is 140 Å². The van der Waals surface area contributed by atoms with E-state index in [2.05, 4.69) is 129 Å². The van der Waals surface area contributed by atoms with Crippen molar-refractivity contribution in [2.24, 2.45) is 0 Å². The monoisotopic (exact) mass is 516 g/mol. The first-order chi connectivity index (χ1) is 19.7. The van der Waals surface area contributed by atoms with E-state index in [1.54, 1.807) is 6.07 Å². The molecule has 1 N–H and O–H groups in total. The van der Waals surface area contributed by atoms with Crippen molar-refractivity contribution in [2.75, 3.05) is 0 Å². The third-order valence-corrected chi connectivity index (χ3v) is 7.88. The summed E-state index contributed by atoms with van der Waals surface area (Å²) in [5, 5.41) is 15.6. The Morgan fingerprint density at radius 1 is 0.625 bits per heavy atom. The molecule has 6 aromatic rings. The highest BCUT2D eigenvalue weighted by Crippen LogP contribution is 2.47. The first kappa shape index (κ1) is 25.4. The van der Waals surface area contributed by atoms with Crippen LogP contribution < -0.4 is 0 Å². The number of hydrogen-bond acceptors (Lipinski definition) is 1. The number of aromatic hydroxyl groups is 1. The standard InChI is InChI=1S/C39H32O/c1-3-4-16-32(27(2)31-17-12-13-22-37(31)40)39-35-20-10-8-18-33(35)38(34-19-9-11-21-36(34)39)30-25-23-29(24-26-30)28-14-6-5-7-15-28/h3-15,17-26,32,40H,2,16H2,1H3/b4-3-. The lowest BCUT2D eigenvalue weighted by molar-refractivity contribution is 0.473. The smallest absolute Gasteiger partial charge is 0.123 e. The first-order valence-electron chi connectivity index (χ1n) is 13.8. The van der Waals surface area contributed by atoms with Crippen molar-refractivity contribution in [3.8, 4) is 28.0 Å². The molecule has 1 heteroatoms. The van der Waals surface area contributed by atoms with Crippen LogP contribution in [0.5, 0.6) is 5.75 Å². The van der Waals surface area contributed by atoms with Crippen LogP contribution in [0.2, 0.25) is 0 Å². The molecule has 6 aromatic carbocycles. The fourth-order valence-corrected chi connectivity index (χ4v) is 5.95. The second-order valence-corrected chi connectivity index (χ2v) is 10.2. The minimum Gasteiger partial charge on any atom is -0.507 e. The summed E-state index contributed by atoms with van der Waals surface area (Å²) in [7, 11) is 0. The molecule has 0 bridgehead atoms. The van der Waals surface area contributed by atoms with Gasteiger partial charge in [0.1, 0.15) is 5.75 Å². The van der Waals surface area contributed by atoms with Crippen LogP contribution in [0.25, 0.3) is 49.4 Å². The van der Waals surface area contributed by atoms with Gasteiger partial charge in [0.15, 0.2) is 0 Å². The zero-order valence-electron chi connectivity index (χ0n) is 22.7. The second-order valence-electron chi connectivity index (χ2n) is 10.2. The minimum absolute atomic E-state index is 0.00573. The summed E-state index contributed by atoms with van der Waals surface area (Å²) in [5.41, 5.74) is 7.84. The molecule has 0 radical (unpaired) electrons. The molecular weight excluding hydrogens is 484 g/mol. The molecule has 0 aliphatic rings. The van der Waals surface area contributed by atoms with Gasteiger partial charge < -0.3 is 5.11 Å². The number of fused-ring (bicyclic) bond motifs is 2. The average Bonchev–Trinajstić information content (AvgIpc) is 3.01. The lowest BCUT2D eigenvalue weighted by atomic mass is 9.78. The predicted octanol–water partition coefficient (Wildman–Crippen LogP) is 10.8. The van der Waals surface area contributed by atoms with E-state index in [0.29, 0.717) is 0 Å². The van der Waals surface area contributed by atoms with E-state index in [1.165, 1.54) is 49.4 Å². The molecule has 1 nitrogen and oxygen atoms in total. The van der Waals surface area contributed by atoms with E-state index in [4.69, 9.17) is 0 Å². The number of phenols is 1. The molecule has 0 spiro atoms. The Labute approximate surface area is 236 Å². The van der Waals surface area contributed by atoms with Gasteiger partial charge >= 0.3 is 0 Å². The van der Waals surface area contributed by atoms with Crippen molar-refractivity contribution in [1.82, 2.24) is 0 Å². The van der Waals surface area contributed by atoms with Crippen LogP contribution in [0.3, 0.4) is 0 Å². The van der Waals surface area contributed by atoms with E-state index in [9.17, 15) is 5.11 Å². The number of hydrogen-bond donors (Lipinski definition) is 1. The maximum atomic E-state index is 10.7. The van der Waals surface area contributed by atoms with Crippen LogP contribution in [-0.4, -0.2) is 5.11 Å². The first-order valence-corrected chi connectivity index (χ1v) is 13.8. The van der Waals surface area contributed by atoms with Crippen LogP contribution >= 0.6 is 0 Å². The highest BCUT2D eigenvalue weighted by Gasteiger charge is 2.24. The third-order valence-electron chi connectivity index (χ3n) is 7.88. The molecule has 194 valence electrons. The molecular formula is C39H32O. The highest BCUT2D eigenvalue weighted by atomic mass is 16.3. The fraction of sp³-hybridized carbons (Fsp3) is 0.0769. The molecule has 0 fully saturated rings. The van der Waals surface area contributed by atoms with Gasteiger partial charge in [-0.15, -0.1) is 0 Å². The molecule has 1 unspecified atom stereocenters. The number of phenolic OH excluding ortho intramolecular Hbond substituents is 1. The van der Waals surface area contributed by atoms with E-state index in [0.717, 1.165) is 17.6 Å². The minimum atomic E-state index is -0.00573. The van der Waals surface area contributed by atoms with Gasteiger partial charge in [-0.05, 0) is 74.3 Å². The quantitative estimate of drug-likeness (QED) is 0.165. The molecule has 6 rings (SSSR count). The summed E-state index contributed by atoms with van der Waals surface area (Å²) in [6.07, 6.45) is 5.09. The van der Waals surface area contributed by atoms with Gasteiger partial charge in [0.25, 0.3) is 0 Å². The Kier molecular flexibility index (Phi) is 7.04. The van der Waals surface area contributed by atoms with Gasteiger partial charge in [-0.2, -0.15) is 0 Å². The Balaban J connectivity index is 1.60. The van der Waals surface area contributed by atoms with Gasteiger partial charge in [0.2, 0.25) is 0 Å². The van der Waals surface area contributed by atoms with Crippen LogP contribution in [0, 0.1) is 0 Å². The topological polar surface area (TPSA) is 20.2 Å². The average molecular weight is 517 g/mol. The van der Waals surface area contributed by atoms with Crippen molar-refractivity contribution < 1.29 is 5.11 Å². The third kappa shape index (κ3) is 4.61. The van der Waals surface area contributed by atoms with Crippen molar-refractivity contribution >= 4 is 27.1 Å². The Morgan fingerprint density at radius 2 is 1.12 bits per heavy atom. The molecule has 1 atom stereocenters. The summed E-state index contributed by atoms with van der Waals surface area (Å²) >= 11 is 0. The van der Waals surface area contributed by atoms with Crippen LogP contribution in [0.4, 0.5) is 0 Å². The van der Waals surface area contributed by atoms with E-state index >= 15 is 0 Å². The summed E-state index contributed by atoms with van der Waals surface area (Å²) in [6, 6.07) is 44.4. The summed E-state index contributed by atoms with van der Waals surface area (Å²) in [4.78, 5) is 0. The largest absolute Gasteiger partial charge is 0.507 e. The zero-order chi connectivity index (χ0) is 27.5. The van der Waals surface area contributed by atoms with E-state index < -0.39 is 0 Å². The van der Waals surface area contributed by atoms with Gasteiger partial charge in [-0.25, -0.2) is 0 Å². The summed E-state index contributed by atoms with van der Waals surface area (Å²) in [5.74, 6) is 0.260.